The summed E-state index contributed by atoms with van der Waals surface area (Å²) in [6, 6.07) is 15.1. The van der Waals surface area contributed by atoms with Crippen molar-refractivity contribution in [3.63, 3.8) is 0 Å². The summed E-state index contributed by atoms with van der Waals surface area (Å²) < 4.78 is 19.1. The number of rotatable bonds is 3. The molecule has 0 fully saturated rings. The third kappa shape index (κ3) is 2.93. The van der Waals surface area contributed by atoms with Gasteiger partial charge in [0.15, 0.2) is 0 Å². The fourth-order valence-corrected chi connectivity index (χ4v) is 3.38. The van der Waals surface area contributed by atoms with Gasteiger partial charge < -0.3 is 4.74 Å². The highest BCUT2D eigenvalue weighted by Gasteiger charge is 2.15. The molecular weight excluding hydrogens is 337 g/mol. The van der Waals surface area contributed by atoms with Gasteiger partial charge in [0.1, 0.15) is 22.7 Å². The van der Waals surface area contributed by atoms with Crippen LogP contribution in [0.1, 0.15) is 5.56 Å². The Morgan fingerprint density at radius 1 is 1.00 bits per heavy atom. The summed E-state index contributed by atoms with van der Waals surface area (Å²) in [5.74, 6) is 0.721. The smallest absolute Gasteiger partial charge is 0.231 e. The minimum Gasteiger partial charge on any atom is -0.438 e. The number of aromatic nitrogens is 2. The largest absolute Gasteiger partial charge is 0.438 e. The van der Waals surface area contributed by atoms with Gasteiger partial charge >= 0.3 is 0 Å². The molecule has 0 radical (unpaired) electrons. The van der Waals surface area contributed by atoms with Crippen molar-refractivity contribution in [2.24, 2.45) is 0 Å². The van der Waals surface area contributed by atoms with E-state index in [1.165, 1.54) is 29.8 Å². The molecule has 2 heterocycles. The number of benzene rings is 2. The van der Waals surface area contributed by atoms with E-state index in [1.807, 2.05) is 5.38 Å². The van der Waals surface area contributed by atoms with E-state index in [2.05, 4.69) is 16.0 Å². The van der Waals surface area contributed by atoms with Crippen molar-refractivity contribution >= 4 is 21.6 Å². The van der Waals surface area contributed by atoms with Crippen molar-refractivity contribution in [2.75, 3.05) is 0 Å². The first-order chi connectivity index (χ1) is 12.2. The van der Waals surface area contributed by atoms with Crippen molar-refractivity contribution in [1.29, 1.82) is 5.26 Å². The van der Waals surface area contributed by atoms with E-state index in [9.17, 15) is 4.39 Å². The van der Waals surface area contributed by atoms with Crippen molar-refractivity contribution in [2.45, 2.75) is 0 Å². The Hall–Kier alpha value is -3.30. The summed E-state index contributed by atoms with van der Waals surface area (Å²) in [5, 5.41) is 11.6. The average molecular weight is 347 g/mol. The van der Waals surface area contributed by atoms with E-state index < -0.39 is 0 Å². The van der Waals surface area contributed by atoms with Gasteiger partial charge in [0.2, 0.25) is 5.88 Å². The molecule has 4 nitrogen and oxygen atoms in total. The molecule has 0 bridgehead atoms. The van der Waals surface area contributed by atoms with E-state index in [0.717, 1.165) is 21.3 Å². The molecule has 6 heteroatoms. The summed E-state index contributed by atoms with van der Waals surface area (Å²) in [4.78, 5) is 9.33. The van der Waals surface area contributed by atoms with Crippen LogP contribution < -0.4 is 4.74 Å². The molecule has 0 atom stereocenters. The minimum absolute atomic E-state index is 0.284. The number of ether oxygens (including phenoxy) is 1. The van der Waals surface area contributed by atoms with Crippen LogP contribution in [-0.4, -0.2) is 9.97 Å². The van der Waals surface area contributed by atoms with E-state index in [4.69, 9.17) is 10.00 Å². The maximum atomic E-state index is 13.2. The number of hydrogen-bond donors (Lipinski definition) is 0. The molecule has 25 heavy (non-hydrogen) atoms. The summed E-state index contributed by atoms with van der Waals surface area (Å²) in [7, 11) is 0. The van der Waals surface area contributed by atoms with Crippen LogP contribution in [0.5, 0.6) is 11.6 Å². The molecular formula is C19H10FN3OS. The maximum Gasteiger partial charge on any atom is 0.231 e. The van der Waals surface area contributed by atoms with Crippen LogP contribution >= 0.6 is 11.3 Å². The standard InChI is InChI=1S/C19H10FN3OS/c20-14-5-3-13(4-6-14)16-10-25-19-17(16)18(22-11-23-19)24-15-7-1-12(9-21)2-8-15/h1-8,10-11H. The Bertz CT molecular complexity index is 1080. The molecule has 0 unspecified atom stereocenters. The summed E-state index contributed by atoms with van der Waals surface area (Å²) in [5.41, 5.74) is 2.32. The molecule has 0 aliphatic heterocycles. The highest BCUT2D eigenvalue weighted by atomic mass is 32.1. The molecule has 0 spiro atoms. The lowest BCUT2D eigenvalue weighted by Gasteiger charge is -2.07. The Labute approximate surface area is 146 Å². The van der Waals surface area contributed by atoms with Crippen LogP contribution in [0.25, 0.3) is 21.3 Å². The van der Waals surface area contributed by atoms with Crippen molar-refractivity contribution in [3.8, 4) is 28.8 Å². The van der Waals surface area contributed by atoms with Crippen LogP contribution in [0.15, 0.2) is 60.2 Å². The third-order valence-electron chi connectivity index (χ3n) is 3.69. The molecule has 0 saturated heterocycles. The average Bonchev–Trinajstić information content (AvgIpc) is 3.08. The van der Waals surface area contributed by atoms with Crippen LogP contribution in [0.4, 0.5) is 4.39 Å². The number of thiophene rings is 1. The molecule has 0 N–H and O–H groups in total. The second-order valence-corrected chi connectivity index (χ2v) is 6.11. The number of halogens is 1. The lowest BCUT2D eigenvalue weighted by molar-refractivity contribution is 0.468. The van der Waals surface area contributed by atoms with E-state index in [0.29, 0.717) is 17.2 Å². The van der Waals surface area contributed by atoms with Gasteiger partial charge in [-0.1, -0.05) is 12.1 Å². The summed E-state index contributed by atoms with van der Waals surface area (Å²) in [6.07, 6.45) is 1.45. The highest BCUT2D eigenvalue weighted by molar-refractivity contribution is 7.17. The first kappa shape index (κ1) is 15.2. The molecule has 2 aromatic carbocycles. The van der Waals surface area contributed by atoms with E-state index in [1.54, 1.807) is 36.4 Å². The topological polar surface area (TPSA) is 58.8 Å². The van der Waals surface area contributed by atoms with E-state index >= 15 is 0 Å². The third-order valence-corrected chi connectivity index (χ3v) is 4.57. The van der Waals surface area contributed by atoms with Crippen molar-refractivity contribution in [3.05, 3.63) is 71.6 Å². The number of hydrogen-bond acceptors (Lipinski definition) is 5. The van der Waals surface area contributed by atoms with Gasteiger partial charge in [-0.2, -0.15) is 5.26 Å². The van der Waals surface area contributed by atoms with Crippen molar-refractivity contribution in [1.82, 2.24) is 9.97 Å². The summed E-state index contributed by atoms with van der Waals surface area (Å²) >= 11 is 1.48. The normalized spacial score (nSPS) is 10.6. The molecule has 4 rings (SSSR count). The first-order valence-electron chi connectivity index (χ1n) is 7.41. The molecule has 0 saturated carbocycles. The first-order valence-corrected chi connectivity index (χ1v) is 8.29. The molecule has 0 amide bonds. The second kappa shape index (κ2) is 6.30. The lowest BCUT2D eigenvalue weighted by atomic mass is 10.1. The molecule has 120 valence electrons. The SMILES string of the molecule is N#Cc1ccc(Oc2ncnc3scc(-c4ccc(F)cc4)c23)cc1. The summed E-state index contributed by atoms with van der Waals surface area (Å²) in [6.45, 7) is 0. The second-order valence-electron chi connectivity index (χ2n) is 5.25. The van der Waals surface area contributed by atoms with Gasteiger partial charge in [0.25, 0.3) is 0 Å². The fourth-order valence-electron chi connectivity index (χ4n) is 2.48. The van der Waals surface area contributed by atoms with Gasteiger partial charge in [-0.3, -0.25) is 0 Å². The fraction of sp³-hybridized carbons (Fsp3) is 0. The minimum atomic E-state index is -0.284. The van der Waals surface area contributed by atoms with Gasteiger partial charge in [-0.15, -0.1) is 11.3 Å². The lowest BCUT2D eigenvalue weighted by Crippen LogP contribution is -1.91. The molecule has 0 aliphatic rings. The van der Waals surface area contributed by atoms with Gasteiger partial charge in [-0.05, 0) is 42.0 Å². The predicted molar refractivity (Wildman–Crippen MR) is 94.0 cm³/mol. The Morgan fingerprint density at radius 3 is 2.48 bits per heavy atom. The van der Waals surface area contributed by atoms with E-state index in [-0.39, 0.29) is 5.82 Å². The van der Waals surface area contributed by atoms with Crippen LogP contribution in [0.2, 0.25) is 0 Å². The Morgan fingerprint density at radius 2 is 1.76 bits per heavy atom. The quantitative estimate of drug-likeness (QED) is 0.513. The number of nitrogens with zero attached hydrogens (tertiary/aromatic N) is 3. The zero-order chi connectivity index (χ0) is 17.2. The Kier molecular flexibility index (Phi) is 3.84. The van der Waals surface area contributed by atoms with Crippen LogP contribution in [-0.2, 0) is 0 Å². The zero-order valence-corrected chi connectivity index (χ0v) is 13.6. The monoisotopic (exact) mass is 347 g/mol. The van der Waals surface area contributed by atoms with Gasteiger partial charge in [0.05, 0.1) is 17.0 Å². The molecule has 2 aromatic heterocycles. The number of fused-ring (bicyclic) bond motifs is 1. The van der Waals surface area contributed by atoms with Gasteiger partial charge in [0, 0.05) is 10.9 Å². The molecule has 4 aromatic rings. The van der Waals surface area contributed by atoms with Crippen LogP contribution in [0.3, 0.4) is 0 Å². The molecule has 0 aliphatic carbocycles. The maximum absolute atomic E-state index is 13.2. The number of nitriles is 1. The predicted octanol–water partition coefficient (Wildman–Crippen LogP) is 5.16. The highest BCUT2D eigenvalue weighted by Crippen LogP contribution is 2.38. The van der Waals surface area contributed by atoms with Gasteiger partial charge in [-0.25, -0.2) is 14.4 Å². The van der Waals surface area contributed by atoms with Crippen molar-refractivity contribution < 1.29 is 9.13 Å². The Balaban J connectivity index is 1.79. The van der Waals surface area contributed by atoms with Crippen LogP contribution in [0, 0.1) is 17.1 Å². The zero-order valence-electron chi connectivity index (χ0n) is 12.8.